The van der Waals surface area contributed by atoms with Crippen molar-refractivity contribution in [1.29, 1.82) is 0 Å². The minimum Gasteiger partial charge on any atom is -0.367 e. The SMILES string of the molecule is CCCCCCc1c[nH]cc1CC. The average molecular weight is 179 g/mol. The standard InChI is InChI=1S/C12H21N/c1-3-5-6-7-8-12-10-13-9-11(12)4-2/h9-10,13H,3-8H2,1-2H3. The summed E-state index contributed by atoms with van der Waals surface area (Å²) in [6.45, 7) is 4.48. The zero-order valence-corrected chi connectivity index (χ0v) is 8.90. The number of unbranched alkanes of at least 4 members (excludes halogenated alkanes) is 3. The van der Waals surface area contributed by atoms with E-state index < -0.39 is 0 Å². The molecule has 1 rings (SSSR count). The molecular weight excluding hydrogens is 158 g/mol. The fourth-order valence-electron chi connectivity index (χ4n) is 1.73. The molecule has 0 amide bonds. The maximum atomic E-state index is 3.19. The Labute approximate surface area is 81.6 Å². The predicted octanol–water partition coefficient (Wildman–Crippen LogP) is 3.70. The molecule has 0 radical (unpaired) electrons. The highest BCUT2D eigenvalue weighted by Gasteiger charge is 2.00. The molecule has 0 unspecified atom stereocenters. The predicted molar refractivity (Wildman–Crippen MR) is 58.0 cm³/mol. The van der Waals surface area contributed by atoms with E-state index in [2.05, 4.69) is 31.2 Å². The summed E-state index contributed by atoms with van der Waals surface area (Å²) in [6.07, 6.45) is 12.1. The van der Waals surface area contributed by atoms with Crippen LogP contribution in [0, 0.1) is 0 Å². The second-order valence-electron chi connectivity index (χ2n) is 3.67. The van der Waals surface area contributed by atoms with Gasteiger partial charge in [0, 0.05) is 12.4 Å². The van der Waals surface area contributed by atoms with E-state index in [4.69, 9.17) is 0 Å². The molecule has 1 heteroatoms. The zero-order chi connectivity index (χ0) is 9.52. The molecule has 0 atom stereocenters. The molecular formula is C12H21N. The lowest BCUT2D eigenvalue weighted by Crippen LogP contribution is -1.88. The molecule has 0 fully saturated rings. The Morgan fingerprint density at radius 1 is 1.00 bits per heavy atom. The van der Waals surface area contributed by atoms with Crippen LogP contribution in [0.25, 0.3) is 0 Å². The van der Waals surface area contributed by atoms with Crippen LogP contribution in [0.1, 0.15) is 50.7 Å². The van der Waals surface area contributed by atoms with Gasteiger partial charge in [0.05, 0.1) is 0 Å². The molecule has 0 saturated heterocycles. The second kappa shape index (κ2) is 5.85. The lowest BCUT2D eigenvalue weighted by atomic mass is 10.0. The van der Waals surface area contributed by atoms with Crippen LogP contribution in [0.15, 0.2) is 12.4 Å². The summed E-state index contributed by atoms with van der Waals surface area (Å²) in [5.74, 6) is 0. The molecule has 0 aliphatic carbocycles. The van der Waals surface area contributed by atoms with Crippen molar-refractivity contribution in [3.8, 4) is 0 Å². The molecule has 1 N–H and O–H groups in total. The minimum absolute atomic E-state index is 1.16. The molecule has 0 aliphatic rings. The fourth-order valence-corrected chi connectivity index (χ4v) is 1.73. The van der Waals surface area contributed by atoms with Crippen molar-refractivity contribution >= 4 is 0 Å². The Morgan fingerprint density at radius 2 is 1.77 bits per heavy atom. The van der Waals surface area contributed by atoms with E-state index in [1.807, 2.05) is 0 Å². The van der Waals surface area contributed by atoms with E-state index in [0.717, 1.165) is 6.42 Å². The van der Waals surface area contributed by atoms with E-state index in [9.17, 15) is 0 Å². The molecule has 0 aromatic carbocycles. The van der Waals surface area contributed by atoms with E-state index in [1.165, 1.54) is 43.2 Å². The Hall–Kier alpha value is -0.720. The quantitative estimate of drug-likeness (QED) is 0.641. The van der Waals surface area contributed by atoms with E-state index in [1.54, 1.807) is 0 Å². The molecule has 74 valence electrons. The van der Waals surface area contributed by atoms with Gasteiger partial charge in [0.25, 0.3) is 0 Å². The first-order chi connectivity index (χ1) is 6.38. The van der Waals surface area contributed by atoms with Crippen molar-refractivity contribution < 1.29 is 0 Å². The van der Waals surface area contributed by atoms with Gasteiger partial charge < -0.3 is 4.98 Å². The van der Waals surface area contributed by atoms with E-state index in [-0.39, 0.29) is 0 Å². The topological polar surface area (TPSA) is 15.8 Å². The third kappa shape index (κ3) is 3.25. The van der Waals surface area contributed by atoms with Gasteiger partial charge in [-0.3, -0.25) is 0 Å². The minimum atomic E-state index is 1.16. The van der Waals surface area contributed by atoms with Crippen LogP contribution in [0.2, 0.25) is 0 Å². The van der Waals surface area contributed by atoms with Crippen LogP contribution >= 0.6 is 0 Å². The van der Waals surface area contributed by atoms with Crippen molar-refractivity contribution in [3.05, 3.63) is 23.5 Å². The smallest absolute Gasteiger partial charge is 0.00401 e. The Bertz CT molecular complexity index is 225. The molecule has 1 heterocycles. The van der Waals surface area contributed by atoms with Crippen molar-refractivity contribution in [1.82, 2.24) is 4.98 Å². The van der Waals surface area contributed by atoms with Crippen molar-refractivity contribution in [2.24, 2.45) is 0 Å². The molecule has 0 saturated carbocycles. The molecule has 0 bridgehead atoms. The highest BCUT2D eigenvalue weighted by Crippen LogP contribution is 2.12. The van der Waals surface area contributed by atoms with Gasteiger partial charge in [-0.2, -0.15) is 0 Å². The van der Waals surface area contributed by atoms with Crippen LogP contribution < -0.4 is 0 Å². The number of hydrogen-bond donors (Lipinski definition) is 1. The lowest BCUT2D eigenvalue weighted by Gasteiger charge is -2.00. The Balaban J connectivity index is 2.27. The van der Waals surface area contributed by atoms with Crippen molar-refractivity contribution in [2.45, 2.75) is 52.4 Å². The van der Waals surface area contributed by atoms with Gasteiger partial charge in [-0.25, -0.2) is 0 Å². The van der Waals surface area contributed by atoms with Crippen LogP contribution in [0.5, 0.6) is 0 Å². The van der Waals surface area contributed by atoms with Crippen molar-refractivity contribution in [2.75, 3.05) is 0 Å². The first kappa shape index (κ1) is 10.4. The summed E-state index contributed by atoms with van der Waals surface area (Å²) in [6, 6.07) is 0. The van der Waals surface area contributed by atoms with Crippen molar-refractivity contribution in [3.63, 3.8) is 0 Å². The summed E-state index contributed by atoms with van der Waals surface area (Å²) in [7, 11) is 0. The van der Waals surface area contributed by atoms with Gasteiger partial charge in [-0.15, -0.1) is 0 Å². The molecule has 1 aromatic heterocycles. The zero-order valence-electron chi connectivity index (χ0n) is 8.90. The van der Waals surface area contributed by atoms with E-state index >= 15 is 0 Å². The number of aromatic nitrogens is 1. The van der Waals surface area contributed by atoms with Crippen LogP contribution in [0.3, 0.4) is 0 Å². The maximum Gasteiger partial charge on any atom is 0.00401 e. The molecule has 1 nitrogen and oxygen atoms in total. The number of H-pyrrole nitrogens is 1. The monoisotopic (exact) mass is 179 g/mol. The number of hydrogen-bond acceptors (Lipinski definition) is 0. The summed E-state index contributed by atoms with van der Waals surface area (Å²) in [5, 5.41) is 0. The number of nitrogens with one attached hydrogen (secondary N) is 1. The van der Waals surface area contributed by atoms with Gasteiger partial charge in [0.2, 0.25) is 0 Å². The maximum absolute atomic E-state index is 3.19. The first-order valence-electron chi connectivity index (χ1n) is 5.53. The Morgan fingerprint density at radius 3 is 2.46 bits per heavy atom. The molecule has 0 aliphatic heterocycles. The molecule has 1 aromatic rings. The van der Waals surface area contributed by atoms with Gasteiger partial charge in [0.15, 0.2) is 0 Å². The Kier molecular flexibility index (Phi) is 4.66. The second-order valence-corrected chi connectivity index (χ2v) is 3.67. The summed E-state index contributed by atoms with van der Waals surface area (Å²) in [5.41, 5.74) is 3.02. The van der Waals surface area contributed by atoms with Gasteiger partial charge in [0.1, 0.15) is 0 Å². The summed E-state index contributed by atoms with van der Waals surface area (Å²) < 4.78 is 0. The normalized spacial score (nSPS) is 10.6. The molecule has 0 spiro atoms. The van der Waals surface area contributed by atoms with Gasteiger partial charge >= 0.3 is 0 Å². The highest BCUT2D eigenvalue weighted by molar-refractivity contribution is 5.23. The van der Waals surface area contributed by atoms with Gasteiger partial charge in [-0.05, 0) is 30.4 Å². The third-order valence-corrected chi connectivity index (χ3v) is 2.61. The average Bonchev–Trinajstić information content (AvgIpc) is 2.60. The first-order valence-corrected chi connectivity index (χ1v) is 5.53. The van der Waals surface area contributed by atoms with Gasteiger partial charge in [-0.1, -0.05) is 33.1 Å². The fraction of sp³-hybridized carbons (Fsp3) is 0.667. The highest BCUT2D eigenvalue weighted by atomic mass is 14.6. The molecule has 13 heavy (non-hydrogen) atoms. The van der Waals surface area contributed by atoms with E-state index in [0.29, 0.717) is 0 Å². The number of aromatic amines is 1. The van der Waals surface area contributed by atoms with Crippen LogP contribution in [-0.2, 0) is 12.8 Å². The number of rotatable bonds is 6. The lowest BCUT2D eigenvalue weighted by molar-refractivity contribution is 0.665. The number of aryl methyl sites for hydroxylation is 2. The largest absolute Gasteiger partial charge is 0.367 e. The summed E-state index contributed by atoms with van der Waals surface area (Å²) >= 11 is 0. The third-order valence-electron chi connectivity index (χ3n) is 2.61. The summed E-state index contributed by atoms with van der Waals surface area (Å²) in [4.78, 5) is 3.19. The van der Waals surface area contributed by atoms with Crippen LogP contribution in [-0.4, -0.2) is 4.98 Å². The van der Waals surface area contributed by atoms with Crippen LogP contribution in [0.4, 0.5) is 0 Å².